The average Bonchev–Trinajstić information content (AvgIpc) is 2.50. The number of hydrogen-bond acceptors (Lipinski definition) is 5. The first-order chi connectivity index (χ1) is 10.1. The zero-order valence-electron chi connectivity index (χ0n) is 11.4. The van der Waals surface area contributed by atoms with Crippen molar-refractivity contribution in [3.8, 4) is 0 Å². The molecule has 0 aliphatic rings. The fourth-order valence-electron chi connectivity index (χ4n) is 1.90. The number of carboxylic acid groups (broad SMARTS) is 1. The van der Waals surface area contributed by atoms with Crippen LogP contribution in [-0.2, 0) is 4.79 Å². The van der Waals surface area contributed by atoms with Gasteiger partial charge in [0.25, 0.3) is 5.91 Å². The van der Waals surface area contributed by atoms with Gasteiger partial charge in [0, 0.05) is 12.4 Å². The van der Waals surface area contributed by atoms with Gasteiger partial charge in [-0.15, -0.1) is 0 Å². The molecular weight excluding hydrogens is 290 g/mol. The van der Waals surface area contributed by atoms with Gasteiger partial charge in [-0.05, 0) is 30.6 Å². The van der Waals surface area contributed by atoms with E-state index < -0.39 is 17.9 Å². The molecule has 0 radical (unpaired) electrons. The SMILES string of the molecule is CSCCC(NC(=O)c1cccc2nccnc12)C(=O)O. The topological polar surface area (TPSA) is 92.2 Å². The largest absolute Gasteiger partial charge is 0.480 e. The normalized spacial score (nSPS) is 12.0. The molecule has 0 saturated carbocycles. The lowest BCUT2D eigenvalue weighted by Gasteiger charge is -2.14. The maximum atomic E-state index is 12.3. The van der Waals surface area contributed by atoms with Gasteiger partial charge in [-0.2, -0.15) is 11.8 Å². The van der Waals surface area contributed by atoms with Crippen LogP contribution in [0.15, 0.2) is 30.6 Å². The number of aliphatic carboxylic acids is 1. The lowest BCUT2D eigenvalue weighted by atomic mass is 10.1. The number of carboxylic acids is 1. The molecule has 1 aromatic carbocycles. The van der Waals surface area contributed by atoms with Gasteiger partial charge in [0.15, 0.2) is 0 Å². The summed E-state index contributed by atoms with van der Waals surface area (Å²) in [4.78, 5) is 31.7. The van der Waals surface area contributed by atoms with E-state index in [2.05, 4.69) is 15.3 Å². The van der Waals surface area contributed by atoms with Crippen molar-refractivity contribution >= 4 is 34.7 Å². The second-order valence-electron chi connectivity index (χ2n) is 4.38. The van der Waals surface area contributed by atoms with Crippen molar-refractivity contribution < 1.29 is 14.7 Å². The predicted octanol–water partition coefficient (Wildman–Crippen LogP) is 1.57. The Bertz CT molecular complexity index is 657. The van der Waals surface area contributed by atoms with Crippen molar-refractivity contribution in [3.63, 3.8) is 0 Å². The minimum absolute atomic E-state index is 0.330. The van der Waals surface area contributed by atoms with E-state index >= 15 is 0 Å². The molecular formula is C14H15N3O3S. The third-order valence-electron chi connectivity index (χ3n) is 2.96. The third-order valence-corrected chi connectivity index (χ3v) is 3.60. The van der Waals surface area contributed by atoms with Crippen molar-refractivity contribution in [2.45, 2.75) is 12.5 Å². The molecule has 110 valence electrons. The van der Waals surface area contributed by atoms with E-state index in [4.69, 9.17) is 5.11 Å². The molecule has 2 rings (SSSR count). The van der Waals surface area contributed by atoms with Crippen molar-refractivity contribution in [2.75, 3.05) is 12.0 Å². The Kier molecular flexibility index (Phi) is 5.10. The molecule has 1 heterocycles. The zero-order valence-corrected chi connectivity index (χ0v) is 12.3. The van der Waals surface area contributed by atoms with E-state index in [-0.39, 0.29) is 0 Å². The summed E-state index contributed by atoms with van der Waals surface area (Å²) in [6.45, 7) is 0. The summed E-state index contributed by atoms with van der Waals surface area (Å²) in [7, 11) is 0. The number of carbonyl (C=O) groups excluding carboxylic acids is 1. The lowest BCUT2D eigenvalue weighted by Crippen LogP contribution is -2.41. The van der Waals surface area contributed by atoms with E-state index in [9.17, 15) is 9.59 Å². The van der Waals surface area contributed by atoms with E-state index in [0.29, 0.717) is 28.8 Å². The molecule has 1 atom stereocenters. The van der Waals surface area contributed by atoms with Crippen molar-refractivity contribution in [3.05, 3.63) is 36.2 Å². The monoisotopic (exact) mass is 305 g/mol. The summed E-state index contributed by atoms with van der Waals surface area (Å²) in [6.07, 6.45) is 5.31. The summed E-state index contributed by atoms with van der Waals surface area (Å²) in [5.74, 6) is -0.828. The van der Waals surface area contributed by atoms with Crippen LogP contribution in [0.4, 0.5) is 0 Å². The minimum atomic E-state index is -1.04. The molecule has 0 fully saturated rings. The molecule has 21 heavy (non-hydrogen) atoms. The van der Waals surface area contributed by atoms with Crippen LogP contribution in [0.25, 0.3) is 11.0 Å². The molecule has 2 aromatic rings. The van der Waals surface area contributed by atoms with E-state index in [0.717, 1.165) is 0 Å². The Labute approximate surface area is 126 Å². The Morgan fingerprint density at radius 1 is 1.33 bits per heavy atom. The van der Waals surface area contributed by atoms with Gasteiger partial charge in [0.2, 0.25) is 0 Å². The van der Waals surface area contributed by atoms with Crippen LogP contribution in [0.5, 0.6) is 0 Å². The number of thioether (sulfide) groups is 1. The number of hydrogen-bond donors (Lipinski definition) is 2. The first-order valence-corrected chi connectivity index (χ1v) is 7.75. The molecule has 6 nitrogen and oxygen atoms in total. The van der Waals surface area contributed by atoms with E-state index in [1.165, 1.54) is 18.0 Å². The van der Waals surface area contributed by atoms with E-state index in [1.807, 2.05) is 6.26 Å². The molecule has 0 bridgehead atoms. The maximum Gasteiger partial charge on any atom is 0.326 e. The maximum absolute atomic E-state index is 12.3. The second kappa shape index (κ2) is 7.03. The number of nitrogens with one attached hydrogen (secondary N) is 1. The van der Waals surface area contributed by atoms with Crippen LogP contribution >= 0.6 is 11.8 Å². The standard InChI is InChI=1S/C14H15N3O3S/c1-21-8-5-11(14(19)20)17-13(18)9-3-2-4-10-12(9)16-7-6-15-10/h2-4,6-7,11H,5,8H2,1H3,(H,17,18)(H,19,20). The predicted molar refractivity (Wildman–Crippen MR) is 81.4 cm³/mol. The summed E-state index contributed by atoms with van der Waals surface area (Å²) >= 11 is 1.54. The van der Waals surface area contributed by atoms with Crippen LogP contribution in [0.1, 0.15) is 16.8 Å². The van der Waals surface area contributed by atoms with Gasteiger partial charge in [-0.1, -0.05) is 6.07 Å². The van der Waals surface area contributed by atoms with Gasteiger partial charge < -0.3 is 10.4 Å². The van der Waals surface area contributed by atoms with Gasteiger partial charge in [0.1, 0.15) is 11.6 Å². The molecule has 1 aromatic heterocycles. The fourth-order valence-corrected chi connectivity index (χ4v) is 2.38. The molecule has 2 N–H and O–H groups in total. The molecule has 7 heteroatoms. The first-order valence-electron chi connectivity index (χ1n) is 6.36. The van der Waals surface area contributed by atoms with Crippen molar-refractivity contribution in [1.29, 1.82) is 0 Å². The Morgan fingerprint density at radius 2 is 2.10 bits per heavy atom. The van der Waals surface area contributed by atoms with Gasteiger partial charge in [0.05, 0.1) is 11.1 Å². The van der Waals surface area contributed by atoms with Crippen molar-refractivity contribution in [2.24, 2.45) is 0 Å². The summed E-state index contributed by atoms with van der Waals surface area (Å²) in [5.41, 5.74) is 1.39. The molecule has 0 spiro atoms. The number of para-hydroxylation sites is 1. The highest BCUT2D eigenvalue weighted by Crippen LogP contribution is 2.14. The van der Waals surface area contributed by atoms with Crippen LogP contribution in [0.3, 0.4) is 0 Å². The van der Waals surface area contributed by atoms with Crippen LogP contribution in [0.2, 0.25) is 0 Å². The molecule has 1 unspecified atom stereocenters. The van der Waals surface area contributed by atoms with E-state index in [1.54, 1.807) is 24.4 Å². The molecule has 1 amide bonds. The van der Waals surface area contributed by atoms with Crippen molar-refractivity contribution in [1.82, 2.24) is 15.3 Å². The highest BCUT2D eigenvalue weighted by atomic mass is 32.2. The minimum Gasteiger partial charge on any atom is -0.480 e. The summed E-state index contributed by atoms with van der Waals surface area (Å²) in [6, 6.07) is 4.15. The fraction of sp³-hybridized carbons (Fsp3) is 0.286. The number of carbonyl (C=O) groups is 2. The van der Waals surface area contributed by atoms with Gasteiger partial charge >= 0.3 is 5.97 Å². The van der Waals surface area contributed by atoms with Gasteiger partial charge in [-0.3, -0.25) is 14.8 Å². The third kappa shape index (κ3) is 3.69. The number of nitrogens with zero attached hydrogens (tertiary/aromatic N) is 2. The highest BCUT2D eigenvalue weighted by molar-refractivity contribution is 7.98. The summed E-state index contributed by atoms with van der Waals surface area (Å²) < 4.78 is 0. The lowest BCUT2D eigenvalue weighted by molar-refractivity contribution is -0.139. The second-order valence-corrected chi connectivity index (χ2v) is 5.36. The van der Waals surface area contributed by atoms with Gasteiger partial charge in [-0.25, -0.2) is 4.79 Å². The highest BCUT2D eigenvalue weighted by Gasteiger charge is 2.21. The first kappa shape index (κ1) is 15.2. The number of benzene rings is 1. The molecule has 0 aliphatic carbocycles. The van der Waals surface area contributed by atoms with Crippen LogP contribution < -0.4 is 5.32 Å². The Morgan fingerprint density at radius 3 is 2.81 bits per heavy atom. The summed E-state index contributed by atoms with van der Waals surface area (Å²) in [5, 5.41) is 11.7. The average molecular weight is 305 g/mol. The smallest absolute Gasteiger partial charge is 0.326 e. The Hall–Kier alpha value is -2.15. The van der Waals surface area contributed by atoms with Crippen LogP contribution in [0, 0.1) is 0 Å². The number of amides is 1. The number of rotatable bonds is 6. The molecule has 0 aliphatic heterocycles. The molecule has 0 saturated heterocycles. The number of aromatic nitrogens is 2. The Balaban J connectivity index is 2.23. The van der Waals surface area contributed by atoms with Crippen LogP contribution in [-0.4, -0.2) is 45.0 Å². The number of fused-ring (bicyclic) bond motifs is 1. The quantitative estimate of drug-likeness (QED) is 0.841. The zero-order chi connectivity index (χ0) is 15.2.